The molecule has 1 aromatic heterocycles. The predicted octanol–water partition coefficient (Wildman–Crippen LogP) is 16.5. The zero-order valence-electron chi connectivity index (χ0n) is 31.7. The van der Waals surface area contributed by atoms with Crippen molar-refractivity contribution in [2.75, 3.05) is 4.90 Å². The van der Waals surface area contributed by atoms with E-state index < -0.39 is 0 Å². The summed E-state index contributed by atoms with van der Waals surface area (Å²) in [6.45, 7) is 0. The molecule has 0 aliphatic carbocycles. The van der Waals surface area contributed by atoms with Gasteiger partial charge in [0.1, 0.15) is 0 Å². The van der Waals surface area contributed by atoms with Crippen molar-refractivity contribution in [3.05, 3.63) is 224 Å². The first-order valence-corrected chi connectivity index (χ1v) is 20.6. The molecule has 0 N–H and O–H groups in total. The third-order valence-corrected chi connectivity index (χ3v) is 12.7. The number of rotatable bonds is 7. The highest BCUT2D eigenvalue weighted by Crippen LogP contribution is 2.42. The lowest BCUT2D eigenvalue weighted by Gasteiger charge is -2.26. The molecule has 272 valence electrons. The van der Waals surface area contributed by atoms with E-state index in [0.717, 1.165) is 17.1 Å². The summed E-state index contributed by atoms with van der Waals surface area (Å²) in [6, 6.07) is 81.9. The Morgan fingerprint density at radius 1 is 0.276 bits per heavy atom. The number of thiophene rings is 1. The highest BCUT2D eigenvalue weighted by Gasteiger charge is 2.16. The first-order chi connectivity index (χ1) is 28.7. The summed E-state index contributed by atoms with van der Waals surface area (Å²) in [6.07, 6.45) is 0. The van der Waals surface area contributed by atoms with Crippen LogP contribution in [0.4, 0.5) is 17.1 Å². The van der Waals surface area contributed by atoms with Crippen molar-refractivity contribution in [3.8, 4) is 44.5 Å². The number of fused-ring (bicyclic) bond motifs is 5. The third kappa shape index (κ3) is 6.21. The van der Waals surface area contributed by atoms with Gasteiger partial charge in [-0.25, -0.2) is 0 Å². The Morgan fingerprint density at radius 2 is 0.759 bits per heavy atom. The molecule has 10 aromatic carbocycles. The van der Waals surface area contributed by atoms with E-state index in [2.05, 4.69) is 229 Å². The Bertz CT molecular complexity index is 3280. The minimum atomic E-state index is 1.10. The van der Waals surface area contributed by atoms with Gasteiger partial charge in [-0.1, -0.05) is 164 Å². The van der Waals surface area contributed by atoms with E-state index in [1.165, 1.54) is 86.2 Å². The lowest BCUT2D eigenvalue weighted by molar-refractivity contribution is 1.28. The number of hydrogen-bond acceptors (Lipinski definition) is 2. The SMILES string of the molecule is c1cc(-c2ccc(N(c3ccc(-c4ccc5ccccc5c4)cc3)c3cccc(-c4ccc5ccccc5c4)c3)cc2)cc(-c2cccc3c2sc2ccccc23)c1. The highest BCUT2D eigenvalue weighted by molar-refractivity contribution is 7.26. The van der Waals surface area contributed by atoms with Gasteiger partial charge in [0.2, 0.25) is 0 Å². The van der Waals surface area contributed by atoms with E-state index in [0.29, 0.717) is 0 Å². The molecule has 1 heterocycles. The molecule has 0 aliphatic heterocycles. The van der Waals surface area contributed by atoms with Gasteiger partial charge in [0.15, 0.2) is 0 Å². The summed E-state index contributed by atoms with van der Waals surface area (Å²) < 4.78 is 2.66. The minimum absolute atomic E-state index is 1.10. The molecule has 0 aliphatic rings. The van der Waals surface area contributed by atoms with Gasteiger partial charge in [0.05, 0.1) is 0 Å². The average molecular weight is 756 g/mol. The second-order valence-corrected chi connectivity index (χ2v) is 16.0. The zero-order valence-corrected chi connectivity index (χ0v) is 32.5. The largest absolute Gasteiger partial charge is 0.310 e. The average Bonchev–Trinajstić information content (AvgIpc) is 3.68. The van der Waals surface area contributed by atoms with Crippen molar-refractivity contribution in [3.63, 3.8) is 0 Å². The molecular formula is C56H37NS. The first kappa shape index (κ1) is 34.0. The maximum absolute atomic E-state index is 2.37. The van der Waals surface area contributed by atoms with Gasteiger partial charge in [-0.2, -0.15) is 0 Å². The maximum atomic E-state index is 2.37. The van der Waals surface area contributed by atoms with Crippen LogP contribution in [-0.2, 0) is 0 Å². The van der Waals surface area contributed by atoms with Crippen LogP contribution in [0.3, 0.4) is 0 Å². The molecule has 0 bridgehead atoms. The summed E-state index contributed by atoms with van der Waals surface area (Å²) in [5.74, 6) is 0. The minimum Gasteiger partial charge on any atom is -0.310 e. The topological polar surface area (TPSA) is 3.24 Å². The lowest BCUT2D eigenvalue weighted by Crippen LogP contribution is -2.10. The predicted molar refractivity (Wildman–Crippen MR) is 251 cm³/mol. The zero-order chi connectivity index (χ0) is 38.4. The van der Waals surface area contributed by atoms with E-state index in [9.17, 15) is 0 Å². The van der Waals surface area contributed by atoms with Gasteiger partial charge < -0.3 is 4.90 Å². The van der Waals surface area contributed by atoms with Crippen molar-refractivity contribution >= 4 is 70.1 Å². The van der Waals surface area contributed by atoms with Crippen LogP contribution in [0, 0.1) is 0 Å². The number of nitrogens with zero attached hydrogens (tertiary/aromatic N) is 1. The molecule has 2 heteroatoms. The fraction of sp³-hybridized carbons (Fsp3) is 0. The van der Waals surface area contributed by atoms with Gasteiger partial charge in [0, 0.05) is 37.2 Å². The maximum Gasteiger partial charge on any atom is 0.0467 e. The Balaban J connectivity index is 0.973. The lowest BCUT2D eigenvalue weighted by atomic mass is 9.97. The highest BCUT2D eigenvalue weighted by atomic mass is 32.1. The van der Waals surface area contributed by atoms with E-state index in [-0.39, 0.29) is 0 Å². The summed E-state index contributed by atoms with van der Waals surface area (Å²) in [4.78, 5) is 2.37. The summed E-state index contributed by atoms with van der Waals surface area (Å²) in [5, 5.41) is 7.64. The molecule has 0 radical (unpaired) electrons. The Kier molecular flexibility index (Phi) is 8.42. The van der Waals surface area contributed by atoms with Gasteiger partial charge in [-0.15, -0.1) is 11.3 Å². The smallest absolute Gasteiger partial charge is 0.0467 e. The van der Waals surface area contributed by atoms with E-state index in [1.807, 2.05) is 11.3 Å². The Labute approximate surface area is 342 Å². The summed E-state index contributed by atoms with van der Waals surface area (Å²) in [7, 11) is 0. The fourth-order valence-electron chi connectivity index (χ4n) is 8.46. The molecule has 1 nitrogen and oxygen atoms in total. The van der Waals surface area contributed by atoms with Gasteiger partial charge in [-0.05, 0) is 127 Å². The molecule has 11 aromatic rings. The van der Waals surface area contributed by atoms with E-state index >= 15 is 0 Å². The van der Waals surface area contributed by atoms with Gasteiger partial charge in [-0.3, -0.25) is 0 Å². The van der Waals surface area contributed by atoms with Crippen LogP contribution in [0.1, 0.15) is 0 Å². The van der Waals surface area contributed by atoms with Crippen LogP contribution in [0.5, 0.6) is 0 Å². The standard InChI is InChI=1S/C56H37NS/c1-3-12-42-34-46(24-22-38(42)10-1)41-28-32-50(33-29-41)57(51-17-8-15-45(37-51)47-25-23-39-11-2-4-13-43(39)35-47)49-30-26-40(27-31-49)44-14-7-16-48(36-44)52-19-9-20-54-53-18-5-6-21-55(53)58-56(52)54/h1-37H. The van der Waals surface area contributed by atoms with Crippen molar-refractivity contribution < 1.29 is 0 Å². The number of hydrogen-bond donors (Lipinski definition) is 0. The summed E-state index contributed by atoms with van der Waals surface area (Å²) >= 11 is 1.88. The first-order valence-electron chi connectivity index (χ1n) is 19.8. The van der Waals surface area contributed by atoms with Crippen LogP contribution < -0.4 is 4.90 Å². The van der Waals surface area contributed by atoms with Crippen LogP contribution in [0.2, 0.25) is 0 Å². The molecule has 0 amide bonds. The van der Waals surface area contributed by atoms with Crippen molar-refractivity contribution in [1.82, 2.24) is 0 Å². The molecular weight excluding hydrogens is 719 g/mol. The van der Waals surface area contributed by atoms with Crippen molar-refractivity contribution in [1.29, 1.82) is 0 Å². The normalized spacial score (nSPS) is 11.4. The van der Waals surface area contributed by atoms with E-state index in [4.69, 9.17) is 0 Å². The van der Waals surface area contributed by atoms with Crippen LogP contribution >= 0.6 is 11.3 Å². The Morgan fingerprint density at radius 3 is 1.43 bits per heavy atom. The molecule has 0 fully saturated rings. The molecule has 0 unspecified atom stereocenters. The van der Waals surface area contributed by atoms with Crippen LogP contribution in [0.25, 0.3) is 86.2 Å². The van der Waals surface area contributed by atoms with E-state index in [1.54, 1.807) is 0 Å². The molecule has 0 spiro atoms. The van der Waals surface area contributed by atoms with Gasteiger partial charge in [0.25, 0.3) is 0 Å². The molecule has 0 atom stereocenters. The second-order valence-electron chi connectivity index (χ2n) is 15.0. The monoisotopic (exact) mass is 755 g/mol. The van der Waals surface area contributed by atoms with Crippen LogP contribution in [0.15, 0.2) is 224 Å². The quantitative estimate of drug-likeness (QED) is 0.157. The molecule has 11 rings (SSSR count). The molecule has 0 saturated carbocycles. The van der Waals surface area contributed by atoms with Crippen molar-refractivity contribution in [2.45, 2.75) is 0 Å². The van der Waals surface area contributed by atoms with Gasteiger partial charge >= 0.3 is 0 Å². The van der Waals surface area contributed by atoms with Crippen molar-refractivity contribution in [2.24, 2.45) is 0 Å². The number of anilines is 3. The Hall–Kier alpha value is -7.26. The molecule has 58 heavy (non-hydrogen) atoms. The molecule has 0 saturated heterocycles. The van der Waals surface area contributed by atoms with Crippen LogP contribution in [-0.4, -0.2) is 0 Å². The summed E-state index contributed by atoms with van der Waals surface area (Å²) in [5.41, 5.74) is 13.0. The fourth-order valence-corrected chi connectivity index (χ4v) is 9.69. The second kappa shape index (κ2) is 14.4. The number of benzene rings is 10. The third-order valence-electron chi connectivity index (χ3n) is 11.4.